The van der Waals surface area contributed by atoms with Crippen LogP contribution >= 0.6 is 0 Å². The number of aryl methyl sites for hydroxylation is 1. The van der Waals surface area contributed by atoms with Crippen molar-refractivity contribution in [2.24, 2.45) is 0 Å². The fraction of sp³-hybridized carbons (Fsp3) is 0.385. The first-order valence-electron chi connectivity index (χ1n) is 6.56. The van der Waals surface area contributed by atoms with Crippen LogP contribution in [0.5, 0.6) is 0 Å². The molecule has 2 rings (SSSR count). The maximum Gasteiger partial charge on any atom is 0.238 e. The van der Waals surface area contributed by atoms with E-state index in [1.54, 1.807) is 4.68 Å². The molecule has 0 saturated carbocycles. The van der Waals surface area contributed by atoms with Crippen LogP contribution in [-0.4, -0.2) is 39.2 Å². The minimum absolute atomic E-state index is 0.0657. The Labute approximate surface area is 117 Å². The van der Waals surface area contributed by atoms with Gasteiger partial charge in [-0.15, -0.1) is 5.10 Å². The van der Waals surface area contributed by atoms with Gasteiger partial charge in [-0.1, -0.05) is 13.0 Å². The minimum Gasteiger partial charge on any atom is -0.325 e. The van der Waals surface area contributed by atoms with Crippen molar-refractivity contribution < 1.29 is 4.79 Å². The van der Waals surface area contributed by atoms with Crippen LogP contribution in [0.1, 0.15) is 19.2 Å². The van der Waals surface area contributed by atoms with Gasteiger partial charge in [0.2, 0.25) is 5.91 Å². The third-order valence-corrected chi connectivity index (χ3v) is 2.71. The quantitative estimate of drug-likeness (QED) is 0.765. The summed E-state index contributed by atoms with van der Waals surface area (Å²) >= 11 is 0. The fourth-order valence-corrected chi connectivity index (χ4v) is 1.77. The highest BCUT2D eigenvalue weighted by atomic mass is 16.1. The molecule has 0 radical (unpaired) electrons. The van der Waals surface area contributed by atoms with Crippen LogP contribution in [0.25, 0.3) is 5.69 Å². The standard InChI is InChI=1S/C13H18N6O/c1-3-7-14-9-13(20)15-11-5-4-6-12(8-11)19-10(2)16-17-18-19/h4-6,8,14H,3,7,9H2,1-2H3,(H,15,20). The number of nitrogens with zero attached hydrogens (tertiary/aromatic N) is 4. The van der Waals surface area contributed by atoms with Crippen LogP contribution in [0.2, 0.25) is 0 Å². The van der Waals surface area contributed by atoms with E-state index in [-0.39, 0.29) is 5.91 Å². The Morgan fingerprint density at radius 3 is 2.95 bits per heavy atom. The largest absolute Gasteiger partial charge is 0.325 e. The maximum atomic E-state index is 11.7. The molecule has 0 fully saturated rings. The Bertz CT molecular complexity index is 580. The molecule has 1 aromatic carbocycles. The highest BCUT2D eigenvalue weighted by Gasteiger charge is 2.06. The third-order valence-electron chi connectivity index (χ3n) is 2.71. The number of nitrogens with one attached hydrogen (secondary N) is 2. The summed E-state index contributed by atoms with van der Waals surface area (Å²) in [7, 11) is 0. The average Bonchev–Trinajstić information content (AvgIpc) is 2.85. The van der Waals surface area contributed by atoms with Crippen LogP contribution in [0.3, 0.4) is 0 Å². The van der Waals surface area contributed by atoms with Crippen molar-refractivity contribution in [3.05, 3.63) is 30.1 Å². The Morgan fingerprint density at radius 2 is 2.25 bits per heavy atom. The van der Waals surface area contributed by atoms with Crippen LogP contribution in [0.4, 0.5) is 5.69 Å². The molecule has 20 heavy (non-hydrogen) atoms. The normalized spacial score (nSPS) is 10.5. The fourth-order valence-electron chi connectivity index (χ4n) is 1.77. The first-order valence-corrected chi connectivity index (χ1v) is 6.56. The molecular formula is C13H18N6O. The molecule has 0 unspecified atom stereocenters. The summed E-state index contributed by atoms with van der Waals surface area (Å²) in [6.45, 7) is 5.02. The molecule has 2 aromatic rings. The van der Waals surface area contributed by atoms with Crippen LogP contribution in [-0.2, 0) is 4.79 Å². The number of amides is 1. The zero-order valence-electron chi connectivity index (χ0n) is 11.6. The molecule has 0 saturated heterocycles. The lowest BCUT2D eigenvalue weighted by Gasteiger charge is -2.08. The maximum absolute atomic E-state index is 11.7. The van der Waals surface area contributed by atoms with Crippen molar-refractivity contribution in [2.75, 3.05) is 18.4 Å². The molecule has 106 valence electrons. The van der Waals surface area contributed by atoms with E-state index in [4.69, 9.17) is 0 Å². The number of carbonyl (C=O) groups is 1. The van der Waals surface area contributed by atoms with E-state index in [2.05, 4.69) is 33.1 Å². The molecular weight excluding hydrogens is 256 g/mol. The van der Waals surface area contributed by atoms with Crippen LogP contribution in [0, 0.1) is 6.92 Å². The molecule has 0 aliphatic heterocycles. The lowest BCUT2D eigenvalue weighted by Crippen LogP contribution is -2.28. The van der Waals surface area contributed by atoms with Crippen molar-refractivity contribution in [3.8, 4) is 5.69 Å². The number of carbonyl (C=O) groups excluding carboxylic acids is 1. The number of hydrogen-bond donors (Lipinski definition) is 2. The summed E-state index contributed by atoms with van der Waals surface area (Å²) in [6.07, 6.45) is 1.00. The molecule has 0 atom stereocenters. The number of hydrogen-bond acceptors (Lipinski definition) is 5. The minimum atomic E-state index is -0.0657. The Hall–Kier alpha value is -2.28. The average molecular weight is 274 g/mol. The third kappa shape index (κ3) is 3.61. The van der Waals surface area contributed by atoms with Gasteiger partial charge in [0.15, 0.2) is 5.82 Å². The van der Waals surface area contributed by atoms with Gasteiger partial charge in [-0.25, -0.2) is 0 Å². The van der Waals surface area contributed by atoms with Crippen molar-refractivity contribution in [1.82, 2.24) is 25.5 Å². The van der Waals surface area contributed by atoms with E-state index in [0.717, 1.165) is 24.3 Å². The van der Waals surface area contributed by atoms with Crippen molar-refractivity contribution in [3.63, 3.8) is 0 Å². The second-order valence-corrected chi connectivity index (χ2v) is 4.41. The molecule has 7 heteroatoms. The van der Waals surface area contributed by atoms with Gasteiger partial charge >= 0.3 is 0 Å². The lowest BCUT2D eigenvalue weighted by atomic mass is 10.2. The van der Waals surface area contributed by atoms with Gasteiger partial charge in [-0.2, -0.15) is 4.68 Å². The summed E-state index contributed by atoms with van der Waals surface area (Å²) in [6, 6.07) is 7.40. The van der Waals surface area contributed by atoms with Crippen LogP contribution in [0.15, 0.2) is 24.3 Å². The number of tetrazole rings is 1. The molecule has 0 aliphatic rings. The summed E-state index contributed by atoms with van der Waals surface area (Å²) < 4.78 is 1.62. The highest BCUT2D eigenvalue weighted by Crippen LogP contribution is 2.14. The highest BCUT2D eigenvalue weighted by molar-refractivity contribution is 5.92. The molecule has 1 amide bonds. The van der Waals surface area contributed by atoms with Gasteiger partial charge in [-0.05, 0) is 48.5 Å². The first kappa shape index (κ1) is 14.1. The molecule has 2 N–H and O–H groups in total. The van der Waals surface area contributed by atoms with E-state index >= 15 is 0 Å². The van der Waals surface area contributed by atoms with Gasteiger partial charge < -0.3 is 10.6 Å². The van der Waals surface area contributed by atoms with Crippen LogP contribution < -0.4 is 10.6 Å². The van der Waals surface area contributed by atoms with Crippen molar-refractivity contribution in [2.45, 2.75) is 20.3 Å². The summed E-state index contributed by atoms with van der Waals surface area (Å²) in [4.78, 5) is 11.7. The van der Waals surface area contributed by atoms with E-state index < -0.39 is 0 Å². The van der Waals surface area contributed by atoms with Gasteiger partial charge in [0.1, 0.15) is 0 Å². The second kappa shape index (κ2) is 6.76. The van der Waals surface area contributed by atoms with E-state index in [1.165, 1.54) is 0 Å². The topological polar surface area (TPSA) is 84.7 Å². The smallest absolute Gasteiger partial charge is 0.238 e. The zero-order chi connectivity index (χ0) is 14.4. The Kier molecular flexibility index (Phi) is 4.78. The molecule has 1 heterocycles. The van der Waals surface area contributed by atoms with Gasteiger partial charge in [0.05, 0.1) is 12.2 Å². The van der Waals surface area contributed by atoms with E-state index in [9.17, 15) is 4.79 Å². The number of rotatable bonds is 6. The van der Waals surface area contributed by atoms with Crippen molar-refractivity contribution >= 4 is 11.6 Å². The van der Waals surface area contributed by atoms with E-state index in [0.29, 0.717) is 12.4 Å². The number of anilines is 1. The second-order valence-electron chi connectivity index (χ2n) is 4.41. The summed E-state index contributed by atoms with van der Waals surface area (Å²) in [5.74, 6) is 0.627. The Morgan fingerprint density at radius 1 is 1.40 bits per heavy atom. The van der Waals surface area contributed by atoms with E-state index in [1.807, 2.05) is 31.2 Å². The molecule has 0 bridgehead atoms. The number of benzene rings is 1. The summed E-state index contributed by atoms with van der Waals surface area (Å²) in [5.41, 5.74) is 1.53. The first-order chi connectivity index (χ1) is 9.70. The summed E-state index contributed by atoms with van der Waals surface area (Å²) in [5, 5.41) is 17.2. The lowest BCUT2D eigenvalue weighted by molar-refractivity contribution is -0.115. The monoisotopic (exact) mass is 274 g/mol. The molecule has 7 nitrogen and oxygen atoms in total. The Balaban J connectivity index is 2.03. The van der Waals surface area contributed by atoms with Crippen molar-refractivity contribution in [1.29, 1.82) is 0 Å². The van der Waals surface area contributed by atoms with Gasteiger partial charge in [0.25, 0.3) is 0 Å². The van der Waals surface area contributed by atoms with Gasteiger partial charge in [0, 0.05) is 5.69 Å². The SMILES string of the molecule is CCCNCC(=O)Nc1cccc(-n2nnnc2C)c1. The number of aromatic nitrogens is 4. The zero-order valence-corrected chi connectivity index (χ0v) is 11.6. The predicted molar refractivity (Wildman–Crippen MR) is 75.7 cm³/mol. The van der Waals surface area contributed by atoms with Gasteiger partial charge in [-0.3, -0.25) is 4.79 Å². The molecule has 0 spiro atoms. The molecule has 0 aliphatic carbocycles. The molecule has 1 aromatic heterocycles. The predicted octanol–water partition coefficient (Wildman–Crippen LogP) is 0.909.